The smallest absolute Gasteiger partial charge is 0.255 e. The molecule has 2 amide bonds. The number of aliphatic hydroxyl groups excluding tert-OH is 1. The molecule has 0 spiro atoms. The molecule has 0 saturated carbocycles. The van der Waals surface area contributed by atoms with Crippen LogP contribution in [0.2, 0.25) is 0 Å². The van der Waals surface area contributed by atoms with Gasteiger partial charge in [-0.25, -0.2) is 0 Å². The van der Waals surface area contributed by atoms with Crippen LogP contribution >= 0.6 is 0 Å². The lowest BCUT2D eigenvalue weighted by atomic mass is 9.99. The van der Waals surface area contributed by atoms with Crippen molar-refractivity contribution in [3.05, 3.63) is 113 Å². The van der Waals surface area contributed by atoms with Crippen LogP contribution in [0.25, 0.3) is 6.08 Å². The number of phenols is 4. The maximum atomic E-state index is 13.6. The van der Waals surface area contributed by atoms with Crippen molar-refractivity contribution >= 4 is 17.9 Å². The molecule has 0 fully saturated rings. The highest BCUT2D eigenvalue weighted by Crippen LogP contribution is 2.33. The Hall–Kier alpha value is -5.68. The number of aliphatic hydroxyl groups is 1. The van der Waals surface area contributed by atoms with E-state index in [1.165, 1.54) is 47.4 Å². The van der Waals surface area contributed by atoms with Crippen LogP contribution in [0.3, 0.4) is 0 Å². The second kappa shape index (κ2) is 14.6. The second-order valence-electron chi connectivity index (χ2n) is 11.2. The van der Waals surface area contributed by atoms with E-state index in [2.05, 4.69) is 5.32 Å². The molecule has 0 saturated heterocycles. The number of aromatic hydroxyl groups is 4. The molecule has 4 aromatic carbocycles. The average molecular weight is 641 g/mol. The van der Waals surface area contributed by atoms with Crippen LogP contribution in [0.5, 0.6) is 34.5 Å². The summed E-state index contributed by atoms with van der Waals surface area (Å²) in [4.78, 5) is 28.3. The van der Waals surface area contributed by atoms with E-state index in [9.17, 15) is 35.1 Å². The average Bonchev–Trinajstić information content (AvgIpc) is 3.53. The van der Waals surface area contributed by atoms with Crippen molar-refractivity contribution < 1.29 is 44.6 Å². The van der Waals surface area contributed by atoms with Gasteiger partial charge in [-0.2, -0.15) is 0 Å². The van der Waals surface area contributed by atoms with Crippen LogP contribution in [0.4, 0.5) is 0 Å². The SMILES string of the molecule is Cc1ccc(C(=O)N[C@@H](Cc2ccccc2)C(O)CN(CCc2ccc3c(c2)OCO3)C(=O)/C=C/c2c(O)cccc2O)c(O)c1O. The van der Waals surface area contributed by atoms with Gasteiger partial charge in [-0.15, -0.1) is 0 Å². The van der Waals surface area contributed by atoms with Crippen LogP contribution < -0.4 is 14.8 Å². The lowest BCUT2D eigenvalue weighted by Crippen LogP contribution is -2.50. The molecule has 2 atom stereocenters. The molecule has 4 aromatic rings. The third kappa shape index (κ3) is 7.95. The maximum absolute atomic E-state index is 13.6. The van der Waals surface area contributed by atoms with Gasteiger partial charge in [0.15, 0.2) is 23.0 Å². The molecule has 1 unspecified atom stereocenters. The minimum Gasteiger partial charge on any atom is -0.507 e. The number of carbonyl (C=O) groups is 2. The molecule has 0 radical (unpaired) electrons. The van der Waals surface area contributed by atoms with Crippen molar-refractivity contribution in [3.63, 3.8) is 0 Å². The molecule has 0 aliphatic carbocycles. The fourth-order valence-corrected chi connectivity index (χ4v) is 5.24. The van der Waals surface area contributed by atoms with Gasteiger partial charge in [-0.1, -0.05) is 48.5 Å². The van der Waals surface area contributed by atoms with Gasteiger partial charge in [-0.05, 0) is 72.9 Å². The molecular formula is C36H36N2O9. The van der Waals surface area contributed by atoms with Gasteiger partial charge in [0.05, 0.1) is 23.3 Å². The number of nitrogens with zero attached hydrogens (tertiary/aromatic N) is 1. The molecule has 1 heterocycles. The molecule has 5 rings (SSSR count). The molecule has 6 N–H and O–H groups in total. The first kappa shape index (κ1) is 32.7. The van der Waals surface area contributed by atoms with Crippen molar-refractivity contribution in [3.8, 4) is 34.5 Å². The van der Waals surface area contributed by atoms with Gasteiger partial charge < -0.3 is 45.2 Å². The highest BCUT2D eigenvalue weighted by Gasteiger charge is 2.28. The van der Waals surface area contributed by atoms with Crippen LogP contribution in [0, 0.1) is 6.92 Å². The van der Waals surface area contributed by atoms with E-state index in [1.807, 2.05) is 42.5 Å². The Morgan fingerprint density at radius 3 is 2.34 bits per heavy atom. The Morgan fingerprint density at radius 2 is 1.60 bits per heavy atom. The highest BCUT2D eigenvalue weighted by molar-refractivity contribution is 5.98. The fraction of sp³-hybridized carbons (Fsp3) is 0.222. The lowest BCUT2D eigenvalue weighted by Gasteiger charge is -2.30. The van der Waals surface area contributed by atoms with Crippen LogP contribution in [-0.4, -0.2) is 74.3 Å². The summed E-state index contributed by atoms with van der Waals surface area (Å²) < 4.78 is 10.9. The van der Waals surface area contributed by atoms with E-state index in [0.29, 0.717) is 23.5 Å². The fourth-order valence-electron chi connectivity index (χ4n) is 5.24. The Kier molecular flexibility index (Phi) is 10.2. The molecule has 244 valence electrons. The van der Waals surface area contributed by atoms with Crippen LogP contribution in [0.1, 0.15) is 32.6 Å². The predicted octanol–water partition coefficient (Wildman–Crippen LogP) is 4.03. The van der Waals surface area contributed by atoms with Crippen molar-refractivity contribution in [1.82, 2.24) is 10.2 Å². The Balaban J connectivity index is 1.40. The summed E-state index contributed by atoms with van der Waals surface area (Å²) in [6.45, 7) is 1.66. The number of amides is 2. The van der Waals surface area contributed by atoms with Crippen LogP contribution in [-0.2, 0) is 17.6 Å². The first-order chi connectivity index (χ1) is 22.6. The summed E-state index contributed by atoms with van der Waals surface area (Å²) in [7, 11) is 0. The quantitative estimate of drug-likeness (QED) is 0.0989. The maximum Gasteiger partial charge on any atom is 0.255 e. The highest BCUT2D eigenvalue weighted by atomic mass is 16.7. The summed E-state index contributed by atoms with van der Waals surface area (Å²) in [5.74, 6) is -1.44. The molecule has 1 aliphatic heterocycles. The summed E-state index contributed by atoms with van der Waals surface area (Å²) in [6, 6.07) is 20.8. The number of hydrogen-bond donors (Lipinski definition) is 6. The number of phenolic OH excluding ortho intramolecular Hbond substituents is 4. The minimum absolute atomic E-state index is 0.0625. The number of nitrogens with one attached hydrogen (secondary N) is 1. The summed E-state index contributed by atoms with van der Waals surface area (Å²) >= 11 is 0. The number of benzene rings is 4. The number of rotatable bonds is 12. The third-order valence-corrected chi connectivity index (χ3v) is 7.96. The van der Waals surface area contributed by atoms with Gasteiger partial charge >= 0.3 is 0 Å². The lowest BCUT2D eigenvalue weighted by molar-refractivity contribution is -0.127. The predicted molar refractivity (Wildman–Crippen MR) is 174 cm³/mol. The summed E-state index contributed by atoms with van der Waals surface area (Å²) in [5, 5.41) is 55.4. The third-order valence-electron chi connectivity index (χ3n) is 7.96. The van der Waals surface area contributed by atoms with Crippen molar-refractivity contribution in [1.29, 1.82) is 0 Å². The zero-order valence-corrected chi connectivity index (χ0v) is 25.7. The number of aryl methyl sites for hydroxylation is 1. The van der Waals surface area contributed by atoms with E-state index in [1.54, 1.807) is 13.0 Å². The molecule has 1 aliphatic rings. The zero-order valence-electron chi connectivity index (χ0n) is 25.7. The van der Waals surface area contributed by atoms with E-state index < -0.39 is 35.5 Å². The summed E-state index contributed by atoms with van der Waals surface area (Å²) in [5.41, 5.74) is 1.95. The van der Waals surface area contributed by atoms with Gasteiger partial charge in [-0.3, -0.25) is 9.59 Å². The van der Waals surface area contributed by atoms with E-state index >= 15 is 0 Å². The Morgan fingerprint density at radius 1 is 0.872 bits per heavy atom. The molecule has 0 bridgehead atoms. The Labute approximate surface area is 271 Å². The Bertz CT molecular complexity index is 1750. The van der Waals surface area contributed by atoms with Crippen molar-refractivity contribution in [2.45, 2.75) is 31.9 Å². The number of hydrogen-bond acceptors (Lipinski definition) is 9. The van der Waals surface area contributed by atoms with Gasteiger partial charge in [0.1, 0.15) is 11.5 Å². The van der Waals surface area contributed by atoms with Crippen molar-refractivity contribution in [2.75, 3.05) is 19.9 Å². The normalized spacial score (nSPS) is 13.3. The number of fused-ring (bicyclic) bond motifs is 1. The van der Waals surface area contributed by atoms with Gasteiger partial charge in [0.25, 0.3) is 5.91 Å². The van der Waals surface area contributed by atoms with Gasteiger partial charge in [0.2, 0.25) is 12.7 Å². The molecule has 0 aromatic heterocycles. The summed E-state index contributed by atoms with van der Waals surface area (Å²) in [6.07, 6.45) is 1.78. The first-order valence-electron chi connectivity index (χ1n) is 15.0. The largest absolute Gasteiger partial charge is 0.507 e. The molecule has 11 heteroatoms. The molecular weight excluding hydrogens is 604 g/mol. The molecule has 47 heavy (non-hydrogen) atoms. The van der Waals surface area contributed by atoms with E-state index in [-0.39, 0.29) is 48.9 Å². The number of carbonyl (C=O) groups excluding carboxylic acids is 2. The van der Waals surface area contributed by atoms with E-state index in [0.717, 1.165) is 11.1 Å². The van der Waals surface area contributed by atoms with Gasteiger partial charge in [0, 0.05) is 19.2 Å². The monoisotopic (exact) mass is 640 g/mol. The standard InChI is InChI=1S/C36H36N2O9/c1-22-10-12-26(35(44)34(22)43)36(45)37-27(18-23-6-3-2-4-7-23)30(41)20-38(17-16-24-11-14-31-32(19-24)47-21-46-31)33(42)15-13-25-28(39)8-5-9-29(25)40/h2-15,19,27,30,39-41,43-44H,16-18,20-21H2,1H3,(H,37,45)/b15-13+/t27-,30?/m0/s1. The zero-order chi connectivity index (χ0) is 33.5. The number of ether oxygens (including phenoxy) is 2. The van der Waals surface area contributed by atoms with Crippen LogP contribution in [0.15, 0.2) is 84.9 Å². The topological polar surface area (TPSA) is 169 Å². The van der Waals surface area contributed by atoms with Crippen molar-refractivity contribution in [2.24, 2.45) is 0 Å². The minimum atomic E-state index is -1.28. The molecule has 11 nitrogen and oxygen atoms in total. The first-order valence-corrected chi connectivity index (χ1v) is 15.0. The van der Waals surface area contributed by atoms with E-state index in [4.69, 9.17) is 9.47 Å². The second-order valence-corrected chi connectivity index (χ2v) is 11.2.